The summed E-state index contributed by atoms with van der Waals surface area (Å²) in [5.41, 5.74) is 0.546. The monoisotopic (exact) mass is 372 g/mol. The number of nitrogens with zero attached hydrogens (tertiary/aromatic N) is 1. The lowest BCUT2D eigenvalue weighted by atomic mass is 9.97. The van der Waals surface area contributed by atoms with Gasteiger partial charge in [0.25, 0.3) is 0 Å². The third-order valence-corrected chi connectivity index (χ3v) is 4.06. The van der Waals surface area contributed by atoms with E-state index in [-0.39, 0.29) is 30.9 Å². The first-order valence-electron chi connectivity index (χ1n) is 7.72. The maximum Gasteiger partial charge on any atom is 0.194 e. The second kappa shape index (κ2) is 11.1. The predicted molar refractivity (Wildman–Crippen MR) is 92.1 cm³/mol. The average molecular weight is 373 g/mol. The second-order valence-electron chi connectivity index (χ2n) is 5.60. The fraction of sp³-hybridized carbons (Fsp3) is 0.625. The lowest BCUT2D eigenvalue weighted by molar-refractivity contribution is 0.162. The highest BCUT2D eigenvalue weighted by Crippen LogP contribution is 2.29. The molecule has 1 aliphatic rings. The molecule has 0 radical (unpaired) electrons. The van der Waals surface area contributed by atoms with E-state index in [2.05, 4.69) is 17.1 Å². The minimum atomic E-state index is -1.38. The number of piperazine rings is 1. The first-order chi connectivity index (χ1) is 10.1. The van der Waals surface area contributed by atoms with E-state index in [9.17, 15) is 13.2 Å². The molecule has 0 aliphatic carbocycles. The van der Waals surface area contributed by atoms with E-state index < -0.39 is 17.5 Å². The van der Waals surface area contributed by atoms with Gasteiger partial charge in [0.1, 0.15) is 0 Å². The molecule has 1 N–H and O–H groups in total. The molecule has 0 amide bonds. The van der Waals surface area contributed by atoms with Gasteiger partial charge in [0, 0.05) is 32.2 Å². The van der Waals surface area contributed by atoms with Gasteiger partial charge in [0.15, 0.2) is 17.5 Å². The Morgan fingerprint density at radius 3 is 2.13 bits per heavy atom. The van der Waals surface area contributed by atoms with Crippen molar-refractivity contribution >= 4 is 24.8 Å². The van der Waals surface area contributed by atoms with Crippen molar-refractivity contribution in [3.8, 4) is 0 Å². The van der Waals surface area contributed by atoms with Crippen LogP contribution in [0.3, 0.4) is 0 Å². The zero-order valence-electron chi connectivity index (χ0n) is 13.3. The van der Waals surface area contributed by atoms with Gasteiger partial charge in [-0.2, -0.15) is 0 Å². The van der Waals surface area contributed by atoms with Crippen molar-refractivity contribution in [2.24, 2.45) is 0 Å². The zero-order chi connectivity index (χ0) is 15.2. The summed E-state index contributed by atoms with van der Waals surface area (Å²) in [4.78, 5) is 2.23. The Hall–Kier alpha value is -0.490. The van der Waals surface area contributed by atoms with Crippen molar-refractivity contribution in [2.45, 2.75) is 38.6 Å². The molecule has 1 atom stereocenters. The summed E-state index contributed by atoms with van der Waals surface area (Å²) in [6, 6.07) is 2.26. The molecule has 1 aromatic rings. The molecule has 0 aromatic heterocycles. The standard InChI is InChI=1S/C16H23F3N2.2ClH/c1-2-3-4-5-15(21-8-6-20-7-9-21)12-10-13(17)16(19)14(18)11-12;;/h10-11,15,20H,2-9H2,1H3;2*1H/t15-;;/m1../s1. The lowest BCUT2D eigenvalue weighted by Crippen LogP contribution is -2.45. The third-order valence-electron chi connectivity index (χ3n) is 4.06. The Balaban J connectivity index is 0.00000242. The molecule has 1 saturated heterocycles. The van der Waals surface area contributed by atoms with E-state index in [0.717, 1.165) is 64.0 Å². The van der Waals surface area contributed by atoms with Gasteiger partial charge in [-0.15, -0.1) is 24.8 Å². The van der Waals surface area contributed by atoms with Crippen LogP contribution in [0.5, 0.6) is 0 Å². The van der Waals surface area contributed by atoms with Crippen LogP contribution in [-0.4, -0.2) is 31.1 Å². The SMILES string of the molecule is CCCCC[C@H](c1cc(F)c(F)c(F)c1)N1CCNCC1.Cl.Cl. The summed E-state index contributed by atoms with van der Waals surface area (Å²) in [6.45, 7) is 5.55. The van der Waals surface area contributed by atoms with Crippen LogP contribution in [0, 0.1) is 17.5 Å². The van der Waals surface area contributed by atoms with E-state index in [0.29, 0.717) is 5.56 Å². The molecular weight excluding hydrogens is 348 g/mol. The lowest BCUT2D eigenvalue weighted by Gasteiger charge is -2.35. The van der Waals surface area contributed by atoms with E-state index in [4.69, 9.17) is 0 Å². The zero-order valence-corrected chi connectivity index (χ0v) is 14.9. The number of hydrogen-bond acceptors (Lipinski definition) is 2. The number of rotatable bonds is 6. The molecule has 2 rings (SSSR count). The van der Waals surface area contributed by atoms with Crippen molar-refractivity contribution in [2.75, 3.05) is 26.2 Å². The fourth-order valence-electron chi connectivity index (χ4n) is 2.91. The van der Waals surface area contributed by atoms with Crippen LogP contribution >= 0.6 is 24.8 Å². The molecule has 2 nitrogen and oxygen atoms in total. The van der Waals surface area contributed by atoms with Gasteiger partial charge < -0.3 is 5.32 Å². The highest BCUT2D eigenvalue weighted by atomic mass is 35.5. The summed E-state index contributed by atoms with van der Waals surface area (Å²) in [5, 5.41) is 3.27. The largest absolute Gasteiger partial charge is 0.314 e. The Morgan fingerprint density at radius 2 is 1.61 bits per heavy atom. The molecule has 1 aromatic carbocycles. The molecule has 1 fully saturated rings. The second-order valence-corrected chi connectivity index (χ2v) is 5.60. The van der Waals surface area contributed by atoms with Crippen molar-refractivity contribution in [1.82, 2.24) is 10.2 Å². The van der Waals surface area contributed by atoms with Gasteiger partial charge in [0.2, 0.25) is 0 Å². The van der Waals surface area contributed by atoms with E-state index in [1.165, 1.54) is 0 Å². The van der Waals surface area contributed by atoms with E-state index in [1.807, 2.05) is 0 Å². The van der Waals surface area contributed by atoms with Gasteiger partial charge in [-0.3, -0.25) is 4.90 Å². The first kappa shape index (κ1) is 22.5. The number of nitrogens with one attached hydrogen (secondary N) is 1. The number of hydrogen-bond donors (Lipinski definition) is 1. The smallest absolute Gasteiger partial charge is 0.194 e. The number of halogens is 5. The normalized spacial score (nSPS) is 16.3. The van der Waals surface area contributed by atoms with Gasteiger partial charge in [-0.05, 0) is 24.1 Å². The summed E-state index contributed by atoms with van der Waals surface area (Å²) in [7, 11) is 0. The van der Waals surface area contributed by atoms with Gasteiger partial charge in [-0.25, -0.2) is 13.2 Å². The molecule has 0 bridgehead atoms. The average Bonchev–Trinajstić information content (AvgIpc) is 2.50. The molecule has 23 heavy (non-hydrogen) atoms. The molecular formula is C16H25Cl2F3N2. The number of unbranched alkanes of at least 4 members (excludes halogenated alkanes) is 2. The summed E-state index contributed by atoms with van der Waals surface area (Å²) < 4.78 is 40.2. The highest BCUT2D eigenvalue weighted by Gasteiger charge is 2.24. The Kier molecular flexibility index (Phi) is 10.9. The number of benzene rings is 1. The van der Waals surface area contributed by atoms with Crippen LogP contribution in [-0.2, 0) is 0 Å². The van der Waals surface area contributed by atoms with E-state index in [1.54, 1.807) is 0 Å². The Morgan fingerprint density at radius 1 is 1.04 bits per heavy atom. The maximum absolute atomic E-state index is 13.5. The first-order valence-corrected chi connectivity index (χ1v) is 7.72. The maximum atomic E-state index is 13.5. The predicted octanol–water partition coefficient (Wildman–Crippen LogP) is 4.47. The molecule has 7 heteroatoms. The van der Waals surface area contributed by atoms with Crippen LogP contribution in [0.2, 0.25) is 0 Å². The Labute approximate surface area is 148 Å². The molecule has 0 saturated carbocycles. The third kappa shape index (κ3) is 6.14. The summed E-state index contributed by atoms with van der Waals surface area (Å²) >= 11 is 0. The van der Waals surface area contributed by atoms with Crippen LogP contribution in [0.1, 0.15) is 44.2 Å². The van der Waals surface area contributed by atoms with Gasteiger partial charge in [0.05, 0.1) is 0 Å². The fourth-order valence-corrected chi connectivity index (χ4v) is 2.91. The van der Waals surface area contributed by atoms with Crippen molar-refractivity contribution in [1.29, 1.82) is 0 Å². The van der Waals surface area contributed by atoms with Gasteiger partial charge in [-0.1, -0.05) is 26.2 Å². The van der Waals surface area contributed by atoms with Crippen LogP contribution in [0.25, 0.3) is 0 Å². The molecule has 134 valence electrons. The minimum Gasteiger partial charge on any atom is -0.314 e. The molecule has 1 heterocycles. The van der Waals surface area contributed by atoms with Crippen LogP contribution < -0.4 is 5.32 Å². The van der Waals surface area contributed by atoms with Crippen LogP contribution in [0.15, 0.2) is 12.1 Å². The molecule has 1 aliphatic heterocycles. The van der Waals surface area contributed by atoms with Gasteiger partial charge >= 0.3 is 0 Å². The van der Waals surface area contributed by atoms with Crippen molar-refractivity contribution in [3.05, 3.63) is 35.1 Å². The van der Waals surface area contributed by atoms with Crippen LogP contribution in [0.4, 0.5) is 13.2 Å². The molecule has 0 unspecified atom stereocenters. The quantitative estimate of drug-likeness (QED) is 0.585. The van der Waals surface area contributed by atoms with Crippen molar-refractivity contribution < 1.29 is 13.2 Å². The summed E-state index contributed by atoms with van der Waals surface area (Å²) in [5.74, 6) is -3.58. The Bertz CT molecular complexity index is 446. The van der Waals surface area contributed by atoms with Crippen molar-refractivity contribution in [3.63, 3.8) is 0 Å². The minimum absolute atomic E-state index is 0. The summed E-state index contributed by atoms with van der Waals surface area (Å²) in [6.07, 6.45) is 4.04. The molecule has 0 spiro atoms. The highest BCUT2D eigenvalue weighted by molar-refractivity contribution is 5.85. The van der Waals surface area contributed by atoms with E-state index >= 15 is 0 Å². The topological polar surface area (TPSA) is 15.3 Å².